The number of nitrogens with one attached hydrogen (secondary N) is 1. The van der Waals surface area contributed by atoms with E-state index in [4.69, 9.17) is 16.3 Å². The van der Waals surface area contributed by atoms with Crippen molar-refractivity contribution in [1.82, 2.24) is 10.2 Å². The molecule has 29 heavy (non-hydrogen) atoms. The molecule has 0 fully saturated rings. The first-order chi connectivity index (χ1) is 13.7. The molecule has 2 amide bonds. The minimum absolute atomic E-state index is 0.282. The maximum absolute atomic E-state index is 13.0. The van der Waals surface area contributed by atoms with Crippen LogP contribution >= 0.6 is 11.6 Å². The number of esters is 1. The zero-order valence-corrected chi connectivity index (χ0v) is 17.7. The summed E-state index contributed by atoms with van der Waals surface area (Å²) < 4.78 is 4.84. The Bertz CT molecular complexity index is 866. The van der Waals surface area contributed by atoms with E-state index in [0.29, 0.717) is 10.6 Å². The van der Waals surface area contributed by atoms with Gasteiger partial charge >= 0.3 is 5.97 Å². The summed E-state index contributed by atoms with van der Waals surface area (Å²) in [6.45, 7) is 3.24. The topological polar surface area (TPSA) is 75.7 Å². The molecule has 0 bridgehead atoms. The van der Waals surface area contributed by atoms with Gasteiger partial charge in [-0.15, -0.1) is 0 Å². The fourth-order valence-electron chi connectivity index (χ4n) is 2.71. The van der Waals surface area contributed by atoms with E-state index < -0.39 is 23.5 Å². The van der Waals surface area contributed by atoms with Crippen molar-refractivity contribution in [3.05, 3.63) is 70.7 Å². The lowest BCUT2D eigenvalue weighted by Gasteiger charge is -2.35. The van der Waals surface area contributed by atoms with E-state index in [9.17, 15) is 14.4 Å². The van der Waals surface area contributed by atoms with Crippen LogP contribution in [0.1, 0.15) is 29.8 Å². The second-order valence-corrected chi connectivity index (χ2v) is 7.61. The lowest BCUT2D eigenvalue weighted by atomic mass is 9.98. The molecule has 0 unspecified atom stereocenters. The zero-order valence-electron chi connectivity index (χ0n) is 16.9. The van der Waals surface area contributed by atoms with Gasteiger partial charge in [-0.1, -0.05) is 41.9 Å². The number of likely N-dealkylation sites (N-methyl/N-ethyl adjacent to an activating group) is 1. The number of hydrogen-bond acceptors (Lipinski definition) is 4. The average Bonchev–Trinajstić information content (AvgIpc) is 2.72. The SMILES string of the molecule is COC(=O)[C@H](Cc1ccccc1)NC(=O)C(C)(C)N(C)C(=O)c1ccc(Cl)cc1. The van der Waals surface area contributed by atoms with Crippen molar-refractivity contribution in [2.75, 3.05) is 14.2 Å². The van der Waals surface area contributed by atoms with Crippen LogP contribution < -0.4 is 5.32 Å². The van der Waals surface area contributed by atoms with E-state index in [1.54, 1.807) is 45.2 Å². The summed E-state index contributed by atoms with van der Waals surface area (Å²) in [4.78, 5) is 39.3. The number of benzene rings is 2. The maximum Gasteiger partial charge on any atom is 0.328 e. The van der Waals surface area contributed by atoms with E-state index in [0.717, 1.165) is 5.56 Å². The second kappa shape index (κ2) is 9.56. The molecule has 7 heteroatoms. The summed E-state index contributed by atoms with van der Waals surface area (Å²) in [6, 6.07) is 14.9. The lowest BCUT2D eigenvalue weighted by Crippen LogP contribution is -2.58. The van der Waals surface area contributed by atoms with Gasteiger partial charge in [-0.05, 0) is 43.7 Å². The zero-order chi connectivity index (χ0) is 21.6. The van der Waals surface area contributed by atoms with Crippen molar-refractivity contribution in [3.8, 4) is 0 Å². The van der Waals surface area contributed by atoms with Crippen molar-refractivity contribution in [3.63, 3.8) is 0 Å². The van der Waals surface area contributed by atoms with Gasteiger partial charge in [-0.25, -0.2) is 4.79 Å². The van der Waals surface area contributed by atoms with Crippen molar-refractivity contribution < 1.29 is 19.1 Å². The molecule has 0 spiro atoms. The van der Waals surface area contributed by atoms with Crippen LogP contribution in [0.4, 0.5) is 0 Å². The number of carbonyl (C=O) groups is 3. The van der Waals surface area contributed by atoms with Gasteiger partial charge in [-0.3, -0.25) is 9.59 Å². The third-order valence-corrected chi connectivity index (χ3v) is 5.12. The quantitative estimate of drug-likeness (QED) is 0.704. The molecule has 0 aliphatic carbocycles. The molecule has 1 N–H and O–H groups in total. The molecule has 2 aromatic carbocycles. The van der Waals surface area contributed by atoms with Crippen LogP contribution in [-0.4, -0.2) is 48.4 Å². The van der Waals surface area contributed by atoms with Gasteiger partial charge in [-0.2, -0.15) is 0 Å². The lowest BCUT2D eigenvalue weighted by molar-refractivity contribution is -0.146. The van der Waals surface area contributed by atoms with Gasteiger partial charge in [0.1, 0.15) is 11.6 Å². The first-order valence-corrected chi connectivity index (χ1v) is 9.51. The van der Waals surface area contributed by atoms with Crippen LogP contribution in [0.15, 0.2) is 54.6 Å². The summed E-state index contributed by atoms with van der Waals surface area (Å²) in [6.07, 6.45) is 0.282. The standard InChI is InChI=1S/C22H25ClN2O4/c1-22(2,25(3)19(26)16-10-12-17(23)13-11-16)21(28)24-18(20(27)29-4)14-15-8-6-5-7-9-15/h5-13,18H,14H2,1-4H3,(H,24,28)/t18-/m0/s1. The van der Waals surface area contributed by atoms with Crippen LogP contribution in [0.3, 0.4) is 0 Å². The summed E-state index contributed by atoms with van der Waals surface area (Å²) in [5, 5.41) is 3.24. The highest BCUT2D eigenvalue weighted by Crippen LogP contribution is 2.19. The molecule has 6 nitrogen and oxygen atoms in total. The Labute approximate surface area is 175 Å². The van der Waals surface area contributed by atoms with Crippen LogP contribution in [0, 0.1) is 0 Å². The number of rotatable bonds is 7. The van der Waals surface area contributed by atoms with Crippen molar-refractivity contribution in [1.29, 1.82) is 0 Å². The van der Waals surface area contributed by atoms with Crippen LogP contribution in [0.5, 0.6) is 0 Å². The Kier molecular flexibility index (Phi) is 7.40. The highest BCUT2D eigenvalue weighted by atomic mass is 35.5. The van der Waals surface area contributed by atoms with E-state index in [-0.39, 0.29) is 12.3 Å². The van der Waals surface area contributed by atoms with Crippen molar-refractivity contribution in [2.24, 2.45) is 0 Å². The first kappa shape index (κ1) is 22.4. The minimum Gasteiger partial charge on any atom is -0.467 e. The Hall–Kier alpha value is -2.86. The van der Waals surface area contributed by atoms with E-state index >= 15 is 0 Å². The smallest absolute Gasteiger partial charge is 0.328 e. The molecule has 0 heterocycles. The predicted molar refractivity (Wildman–Crippen MR) is 112 cm³/mol. The molecule has 0 aliphatic heterocycles. The number of methoxy groups -OCH3 is 1. The first-order valence-electron chi connectivity index (χ1n) is 9.13. The van der Waals surface area contributed by atoms with Gasteiger partial charge in [0.05, 0.1) is 7.11 Å². The highest BCUT2D eigenvalue weighted by Gasteiger charge is 2.38. The van der Waals surface area contributed by atoms with E-state index in [1.807, 2.05) is 30.3 Å². The fraction of sp³-hybridized carbons (Fsp3) is 0.318. The number of halogens is 1. The van der Waals surface area contributed by atoms with Crippen molar-refractivity contribution >= 4 is 29.4 Å². The van der Waals surface area contributed by atoms with E-state index in [1.165, 1.54) is 12.0 Å². The van der Waals surface area contributed by atoms with Gasteiger partial charge in [0.2, 0.25) is 5.91 Å². The molecule has 0 aromatic heterocycles. The van der Waals surface area contributed by atoms with Crippen LogP contribution in [0.25, 0.3) is 0 Å². The normalized spacial score (nSPS) is 12.0. The second-order valence-electron chi connectivity index (χ2n) is 7.17. The molecule has 0 saturated carbocycles. The molecule has 154 valence electrons. The Balaban J connectivity index is 2.16. The molecular formula is C22H25ClN2O4. The molecule has 1 atom stereocenters. The summed E-state index contributed by atoms with van der Waals surface area (Å²) in [5.74, 6) is -1.35. The number of carbonyl (C=O) groups excluding carboxylic acids is 3. The molecular weight excluding hydrogens is 392 g/mol. The number of ether oxygens (including phenoxy) is 1. The molecule has 0 aliphatic rings. The third kappa shape index (κ3) is 5.57. The summed E-state index contributed by atoms with van der Waals surface area (Å²) >= 11 is 5.87. The fourth-order valence-corrected chi connectivity index (χ4v) is 2.84. The molecule has 0 radical (unpaired) electrons. The third-order valence-electron chi connectivity index (χ3n) is 4.86. The Morgan fingerprint density at radius 3 is 2.21 bits per heavy atom. The largest absolute Gasteiger partial charge is 0.467 e. The highest BCUT2D eigenvalue weighted by molar-refractivity contribution is 6.30. The molecule has 0 saturated heterocycles. The van der Waals surface area contributed by atoms with Gasteiger partial charge in [0, 0.05) is 24.1 Å². The molecule has 2 rings (SSSR count). The van der Waals surface area contributed by atoms with Gasteiger partial charge < -0.3 is 15.0 Å². The Morgan fingerprint density at radius 2 is 1.66 bits per heavy atom. The van der Waals surface area contributed by atoms with E-state index in [2.05, 4.69) is 5.32 Å². The minimum atomic E-state index is -1.21. The molecule has 2 aromatic rings. The summed E-state index contributed by atoms with van der Waals surface area (Å²) in [5.41, 5.74) is 0.0813. The summed E-state index contributed by atoms with van der Waals surface area (Å²) in [7, 11) is 2.81. The number of hydrogen-bond donors (Lipinski definition) is 1. The van der Waals surface area contributed by atoms with Crippen molar-refractivity contribution in [2.45, 2.75) is 31.8 Å². The monoisotopic (exact) mass is 416 g/mol. The maximum atomic E-state index is 13.0. The van der Waals surface area contributed by atoms with Gasteiger partial charge in [0.15, 0.2) is 0 Å². The average molecular weight is 417 g/mol. The Morgan fingerprint density at radius 1 is 1.07 bits per heavy atom. The number of nitrogens with zero attached hydrogens (tertiary/aromatic N) is 1. The van der Waals surface area contributed by atoms with Crippen LogP contribution in [0.2, 0.25) is 5.02 Å². The number of amides is 2. The predicted octanol–water partition coefficient (Wildman–Crippen LogP) is 3.09. The van der Waals surface area contributed by atoms with Gasteiger partial charge in [0.25, 0.3) is 5.91 Å². The van der Waals surface area contributed by atoms with Crippen LogP contribution in [-0.2, 0) is 20.7 Å².